The second-order valence-corrected chi connectivity index (χ2v) is 8.20. The van der Waals surface area contributed by atoms with Crippen molar-refractivity contribution in [2.45, 2.75) is 17.7 Å². The second kappa shape index (κ2) is 8.73. The molecule has 0 unspecified atom stereocenters. The van der Waals surface area contributed by atoms with Crippen LogP contribution >= 0.6 is 28.3 Å². The van der Waals surface area contributed by atoms with Crippen LogP contribution in [0, 0.1) is 11.2 Å². The van der Waals surface area contributed by atoms with E-state index in [4.69, 9.17) is 4.74 Å². The highest BCUT2D eigenvalue weighted by Crippen LogP contribution is 2.29. The zero-order chi connectivity index (χ0) is 16.2. The summed E-state index contributed by atoms with van der Waals surface area (Å²) in [6, 6.07) is 3.66. The monoisotopic (exact) mass is 430 g/mol. The Morgan fingerprint density at radius 1 is 1.39 bits per heavy atom. The van der Waals surface area contributed by atoms with Crippen LogP contribution in [0.5, 0.6) is 0 Å². The largest absolute Gasteiger partial charge is 0.384 e. The molecule has 23 heavy (non-hydrogen) atoms. The van der Waals surface area contributed by atoms with E-state index in [1.54, 1.807) is 7.11 Å². The number of halogens is 3. The fourth-order valence-electron chi connectivity index (χ4n) is 2.61. The summed E-state index contributed by atoms with van der Waals surface area (Å²) in [5.74, 6) is -0.492. The number of piperidine rings is 1. The number of methoxy groups -OCH3 is 1. The van der Waals surface area contributed by atoms with Gasteiger partial charge in [-0.15, -0.1) is 12.4 Å². The molecule has 0 aromatic heterocycles. The van der Waals surface area contributed by atoms with Gasteiger partial charge in [-0.25, -0.2) is 17.5 Å². The minimum atomic E-state index is -3.68. The maximum Gasteiger partial charge on any atom is 0.240 e. The minimum Gasteiger partial charge on any atom is -0.384 e. The summed E-state index contributed by atoms with van der Waals surface area (Å²) in [6.07, 6.45) is 1.69. The third-order valence-electron chi connectivity index (χ3n) is 3.95. The van der Waals surface area contributed by atoms with Crippen molar-refractivity contribution >= 4 is 38.4 Å². The Kier molecular flexibility index (Phi) is 7.89. The maximum absolute atomic E-state index is 13.2. The fourth-order valence-corrected chi connectivity index (χ4v) is 4.32. The van der Waals surface area contributed by atoms with Gasteiger partial charge in [0.05, 0.1) is 16.0 Å². The van der Waals surface area contributed by atoms with Crippen LogP contribution in [0.2, 0.25) is 0 Å². The van der Waals surface area contributed by atoms with E-state index in [0.717, 1.165) is 32.0 Å². The molecular weight excluding hydrogens is 411 g/mol. The van der Waals surface area contributed by atoms with Gasteiger partial charge in [-0.1, -0.05) is 0 Å². The molecule has 2 rings (SSSR count). The molecule has 2 N–H and O–H groups in total. The van der Waals surface area contributed by atoms with Crippen LogP contribution in [-0.2, 0) is 14.8 Å². The Balaban J connectivity index is 0.00000264. The molecule has 0 spiro atoms. The van der Waals surface area contributed by atoms with Crippen molar-refractivity contribution < 1.29 is 17.5 Å². The summed E-state index contributed by atoms with van der Waals surface area (Å²) in [6.45, 7) is 2.49. The molecule has 0 radical (unpaired) electrons. The molecule has 0 aliphatic carbocycles. The molecule has 1 aliphatic rings. The average molecular weight is 432 g/mol. The van der Waals surface area contributed by atoms with E-state index < -0.39 is 15.8 Å². The van der Waals surface area contributed by atoms with Crippen LogP contribution in [0.3, 0.4) is 0 Å². The lowest BCUT2D eigenvalue weighted by Crippen LogP contribution is -2.47. The number of hydrogen-bond donors (Lipinski definition) is 2. The Morgan fingerprint density at radius 2 is 2.04 bits per heavy atom. The summed E-state index contributed by atoms with van der Waals surface area (Å²) in [5, 5.41) is 3.26. The lowest BCUT2D eigenvalue weighted by molar-refractivity contribution is 0.0577. The van der Waals surface area contributed by atoms with E-state index in [0.29, 0.717) is 13.2 Å². The van der Waals surface area contributed by atoms with E-state index in [2.05, 4.69) is 26.0 Å². The first-order valence-electron chi connectivity index (χ1n) is 7.03. The first-order chi connectivity index (χ1) is 10.4. The smallest absolute Gasteiger partial charge is 0.240 e. The van der Waals surface area contributed by atoms with Crippen LogP contribution in [0.4, 0.5) is 4.39 Å². The molecule has 1 heterocycles. The van der Waals surface area contributed by atoms with Crippen molar-refractivity contribution in [2.24, 2.45) is 5.41 Å². The van der Waals surface area contributed by atoms with Crippen molar-refractivity contribution in [1.82, 2.24) is 10.0 Å². The van der Waals surface area contributed by atoms with Gasteiger partial charge < -0.3 is 10.1 Å². The normalized spacial score (nSPS) is 17.5. The van der Waals surface area contributed by atoms with Gasteiger partial charge in [-0.3, -0.25) is 0 Å². The topological polar surface area (TPSA) is 67.4 Å². The van der Waals surface area contributed by atoms with E-state index in [9.17, 15) is 12.8 Å². The summed E-state index contributed by atoms with van der Waals surface area (Å²) < 4.78 is 46.0. The predicted octanol–water partition coefficient (Wildman–Crippen LogP) is 2.30. The molecule has 1 saturated heterocycles. The molecule has 9 heteroatoms. The van der Waals surface area contributed by atoms with E-state index in [-0.39, 0.29) is 27.2 Å². The fraction of sp³-hybridized carbons (Fsp3) is 0.571. The van der Waals surface area contributed by atoms with Gasteiger partial charge in [0, 0.05) is 19.1 Å². The van der Waals surface area contributed by atoms with Gasteiger partial charge in [-0.05, 0) is 60.1 Å². The quantitative estimate of drug-likeness (QED) is 0.725. The van der Waals surface area contributed by atoms with Crippen LogP contribution in [-0.4, -0.2) is 41.8 Å². The highest BCUT2D eigenvalue weighted by molar-refractivity contribution is 9.10. The summed E-state index contributed by atoms with van der Waals surface area (Å²) >= 11 is 3.01. The van der Waals surface area contributed by atoms with Gasteiger partial charge in [0.2, 0.25) is 10.0 Å². The number of rotatable bonds is 6. The molecule has 1 aliphatic heterocycles. The maximum atomic E-state index is 13.2. The number of nitrogens with one attached hydrogen (secondary N) is 2. The predicted molar refractivity (Wildman–Crippen MR) is 92.9 cm³/mol. The molecule has 0 atom stereocenters. The minimum absolute atomic E-state index is 0. The van der Waals surface area contributed by atoms with Crippen LogP contribution in [0.15, 0.2) is 27.6 Å². The van der Waals surface area contributed by atoms with Crippen molar-refractivity contribution in [3.8, 4) is 0 Å². The SMILES string of the molecule is COCC1(CNS(=O)(=O)c2ccc(F)c(Br)c2)CCNCC1.Cl. The molecule has 5 nitrogen and oxygen atoms in total. The Hall–Kier alpha value is -0.250. The van der Waals surface area contributed by atoms with Gasteiger partial charge >= 0.3 is 0 Å². The standard InChI is InChI=1S/C14H20BrFN2O3S.ClH/c1-21-10-14(4-6-17-7-5-14)9-18-22(19,20)11-2-3-13(16)12(15)8-11;/h2-3,8,17-18H,4-7,9-10H2,1H3;1H. The molecule has 0 amide bonds. The van der Waals surface area contributed by atoms with Crippen molar-refractivity contribution in [3.63, 3.8) is 0 Å². The Morgan fingerprint density at radius 3 is 2.61 bits per heavy atom. The van der Waals surface area contributed by atoms with Gasteiger partial charge in [0.25, 0.3) is 0 Å². The van der Waals surface area contributed by atoms with Crippen LogP contribution in [0.25, 0.3) is 0 Å². The van der Waals surface area contributed by atoms with Gasteiger partial charge in [-0.2, -0.15) is 0 Å². The highest BCUT2D eigenvalue weighted by atomic mass is 79.9. The Bertz CT molecular complexity index is 619. The molecular formula is C14H21BrClFN2O3S. The van der Waals surface area contributed by atoms with Crippen molar-refractivity contribution in [1.29, 1.82) is 0 Å². The second-order valence-electron chi connectivity index (χ2n) is 5.58. The molecule has 1 fully saturated rings. The lowest BCUT2D eigenvalue weighted by atomic mass is 9.80. The summed E-state index contributed by atoms with van der Waals surface area (Å²) in [5.41, 5.74) is -0.204. The molecule has 0 bridgehead atoms. The van der Waals surface area contributed by atoms with Crippen molar-refractivity contribution in [2.75, 3.05) is 33.4 Å². The molecule has 1 aromatic rings. The Labute approximate surface area is 151 Å². The van der Waals surface area contributed by atoms with E-state index in [1.807, 2.05) is 0 Å². The highest BCUT2D eigenvalue weighted by Gasteiger charge is 2.33. The zero-order valence-electron chi connectivity index (χ0n) is 12.8. The third kappa shape index (κ3) is 5.37. The molecule has 0 saturated carbocycles. The molecule has 132 valence electrons. The lowest BCUT2D eigenvalue weighted by Gasteiger charge is -2.37. The van der Waals surface area contributed by atoms with Crippen LogP contribution in [0.1, 0.15) is 12.8 Å². The first-order valence-corrected chi connectivity index (χ1v) is 9.31. The third-order valence-corrected chi connectivity index (χ3v) is 5.96. The summed E-state index contributed by atoms with van der Waals surface area (Å²) in [4.78, 5) is 0.0438. The van der Waals surface area contributed by atoms with Crippen LogP contribution < -0.4 is 10.0 Å². The van der Waals surface area contributed by atoms with Gasteiger partial charge in [0.1, 0.15) is 5.82 Å². The number of benzene rings is 1. The average Bonchev–Trinajstić information content (AvgIpc) is 2.49. The first kappa shape index (κ1) is 20.8. The zero-order valence-corrected chi connectivity index (χ0v) is 16.0. The number of hydrogen-bond acceptors (Lipinski definition) is 4. The van der Waals surface area contributed by atoms with Crippen molar-refractivity contribution in [3.05, 3.63) is 28.5 Å². The number of ether oxygens (including phenoxy) is 1. The van der Waals surface area contributed by atoms with Gasteiger partial charge in [0.15, 0.2) is 0 Å². The molecule has 1 aromatic carbocycles. The van der Waals surface area contributed by atoms with E-state index in [1.165, 1.54) is 12.1 Å². The summed E-state index contributed by atoms with van der Waals surface area (Å²) in [7, 11) is -2.06. The number of sulfonamides is 1. The van der Waals surface area contributed by atoms with E-state index >= 15 is 0 Å².